The summed E-state index contributed by atoms with van der Waals surface area (Å²) < 4.78 is 33.1. The van der Waals surface area contributed by atoms with Gasteiger partial charge in [-0.05, 0) is 78.3 Å². The molecule has 9 heteroatoms. The zero-order chi connectivity index (χ0) is 26.7. The molecule has 0 aliphatic carbocycles. The summed E-state index contributed by atoms with van der Waals surface area (Å²) in [6.07, 6.45) is 3.69. The zero-order valence-electron chi connectivity index (χ0n) is 21.0. The average molecular weight is 534 g/mol. The van der Waals surface area contributed by atoms with Crippen molar-refractivity contribution in [3.8, 4) is 22.6 Å². The molecule has 0 spiro atoms. The number of hydrogen-bond acceptors (Lipinski definition) is 5. The topological polar surface area (TPSA) is 126 Å². The number of aromatic nitrogens is 1. The number of hydrogen-bond donors (Lipinski definition) is 3. The number of amides is 1. The average Bonchev–Trinajstić information content (AvgIpc) is 3.36. The summed E-state index contributed by atoms with van der Waals surface area (Å²) in [6.45, 7) is 1.17. The number of carbonyl (C=O) groups excluding carboxylic acids is 1. The Hall–Kier alpha value is -3.82. The lowest BCUT2D eigenvalue weighted by Crippen LogP contribution is -2.39. The molecule has 4 N–H and O–H groups in total. The number of aromatic amines is 1. The van der Waals surface area contributed by atoms with Crippen molar-refractivity contribution in [2.45, 2.75) is 25.2 Å². The molecule has 0 atom stereocenters. The quantitative estimate of drug-likeness (QED) is 0.271. The van der Waals surface area contributed by atoms with Crippen molar-refractivity contribution in [3.63, 3.8) is 0 Å². The highest BCUT2D eigenvalue weighted by atomic mass is 32.2. The van der Waals surface area contributed by atoms with Gasteiger partial charge in [0.2, 0.25) is 10.0 Å². The van der Waals surface area contributed by atoms with E-state index in [0.29, 0.717) is 43.7 Å². The van der Waals surface area contributed by atoms with Crippen molar-refractivity contribution in [2.24, 2.45) is 5.73 Å². The van der Waals surface area contributed by atoms with Crippen LogP contribution in [0.5, 0.6) is 11.5 Å². The van der Waals surface area contributed by atoms with Crippen molar-refractivity contribution in [2.75, 3.05) is 25.4 Å². The number of sulfonamides is 1. The minimum atomic E-state index is -3.40. The Bertz CT molecular complexity index is 1520. The van der Waals surface area contributed by atoms with Crippen molar-refractivity contribution >= 4 is 26.8 Å². The van der Waals surface area contributed by atoms with Gasteiger partial charge in [0, 0.05) is 24.7 Å². The molecule has 38 heavy (non-hydrogen) atoms. The van der Waals surface area contributed by atoms with E-state index in [-0.39, 0.29) is 24.0 Å². The van der Waals surface area contributed by atoms with Crippen molar-refractivity contribution < 1.29 is 23.1 Å². The molecule has 8 nitrogen and oxygen atoms in total. The van der Waals surface area contributed by atoms with Crippen molar-refractivity contribution in [1.29, 1.82) is 0 Å². The molecule has 1 aromatic heterocycles. The lowest BCUT2D eigenvalue weighted by molar-refractivity contribution is 0.100. The molecular formula is C29H31N3O5S. The highest BCUT2D eigenvalue weighted by molar-refractivity contribution is 7.89. The number of nitrogens with zero attached hydrogens (tertiary/aromatic N) is 1. The number of rotatable bonds is 9. The minimum absolute atomic E-state index is 0.0191. The Labute approximate surface area is 222 Å². The molecule has 1 aliphatic rings. The van der Waals surface area contributed by atoms with E-state index in [2.05, 4.69) is 11.1 Å². The number of nitrogens with two attached hydrogens (primary N) is 1. The number of aromatic hydroxyl groups is 1. The number of ether oxygens (including phenoxy) is 1. The van der Waals surface area contributed by atoms with Gasteiger partial charge in [-0.1, -0.05) is 30.3 Å². The number of nitrogens with one attached hydrogen (secondary N) is 1. The lowest BCUT2D eigenvalue weighted by Gasteiger charge is -2.31. The molecule has 1 amide bonds. The number of phenols is 1. The number of carbonyl (C=O) groups is 1. The van der Waals surface area contributed by atoms with E-state index >= 15 is 0 Å². The minimum Gasteiger partial charge on any atom is -0.508 e. The molecule has 1 saturated heterocycles. The van der Waals surface area contributed by atoms with E-state index in [9.17, 15) is 18.3 Å². The summed E-state index contributed by atoms with van der Waals surface area (Å²) in [7, 11) is -3.40. The fourth-order valence-corrected chi connectivity index (χ4v) is 6.64. The van der Waals surface area contributed by atoms with Gasteiger partial charge in [0.1, 0.15) is 11.5 Å². The second-order valence-electron chi connectivity index (χ2n) is 9.61. The molecule has 1 fully saturated rings. The fourth-order valence-electron chi connectivity index (χ4n) is 5.13. The van der Waals surface area contributed by atoms with Crippen LogP contribution in [0.1, 0.15) is 41.1 Å². The summed E-state index contributed by atoms with van der Waals surface area (Å²) in [4.78, 5) is 15.5. The predicted octanol–water partition coefficient (Wildman–Crippen LogP) is 4.62. The van der Waals surface area contributed by atoms with Gasteiger partial charge in [-0.25, -0.2) is 12.7 Å². The van der Waals surface area contributed by atoms with Crippen LogP contribution in [0.4, 0.5) is 0 Å². The van der Waals surface area contributed by atoms with Crippen molar-refractivity contribution in [3.05, 3.63) is 84.1 Å². The number of phenolic OH excluding ortho intramolecular Hbond substituents is 1. The molecule has 0 radical (unpaired) electrons. The monoisotopic (exact) mass is 533 g/mol. The van der Waals surface area contributed by atoms with Gasteiger partial charge >= 0.3 is 0 Å². The molecule has 198 valence electrons. The van der Waals surface area contributed by atoms with Gasteiger partial charge in [-0.15, -0.1) is 0 Å². The molecule has 2 heterocycles. The van der Waals surface area contributed by atoms with Crippen LogP contribution in [0.3, 0.4) is 0 Å². The van der Waals surface area contributed by atoms with Crippen LogP contribution in [0.25, 0.3) is 22.0 Å². The maximum Gasteiger partial charge on any atom is 0.250 e. The van der Waals surface area contributed by atoms with Crippen LogP contribution >= 0.6 is 0 Å². The largest absolute Gasteiger partial charge is 0.508 e. The Morgan fingerprint density at radius 3 is 2.42 bits per heavy atom. The Balaban J connectivity index is 1.25. The van der Waals surface area contributed by atoms with Gasteiger partial charge in [0.25, 0.3) is 5.91 Å². The smallest absolute Gasteiger partial charge is 0.250 e. The first-order valence-corrected chi connectivity index (χ1v) is 14.3. The maximum atomic E-state index is 12.9. The number of benzene rings is 3. The third-order valence-electron chi connectivity index (χ3n) is 7.13. The Morgan fingerprint density at radius 1 is 1.03 bits per heavy atom. The Morgan fingerprint density at radius 2 is 1.74 bits per heavy atom. The van der Waals surface area contributed by atoms with E-state index in [1.807, 2.05) is 42.6 Å². The van der Waals surface area contributed by atoms with E-state index in [4.69, 9.17) is 10.5 Å². The van der Waals surface area contributed by atoms with Crippen LogP contribution in [-0.2, 0) is 10.0 Å². The summed E-state index contributed by atoms with van der Waals surface area (Å²) >= 11 is 0. The molecule has 5 rings (SSSR count). The fraction of sp³-hybridized carbons (Fsp3) is 0.276. The van der Waals surface area contributed by atoms with Gasteiger partial charge in [0.05, 0.1) is 23.4 Å². The first-order valence-electron chi connectivity index (χ1n) is 12.7. The number of H-pyrrole nitrogens is 1. The third kappa shape index (κ3) is 5.54. The second kappa shape index (κ2) is 10.9. The maximum absolute atomic E-state index is 12.9. The van der Waals surface area contributed by atoms with Gasteiger partial charge in [-0.2, -0.15) is 0 Å². The summed E-state index contributed by atoms with van der Waals surface area (Å²) in [5.41, 5.74) is 9.88. The van der Waals surface area contributed by atoms with Crippen molar-refractivity contribution in [1.82, 2.24) is 9.29 Å². The van der Waals surface area contributed by atoms with Crippen LogP contribution < -0.4 is 10.5 Å². The second-order valence-corrected chi connectivity index (χ2v) is 11.7. The van der Waals surface area contributed by atoms with Crippen LogP contribution in [0.15, 0.2) is 72.9 Å². The molecule has 4 aromatic rings. The normalized spacial score (nSPS) is 15.1. The number of piperidine rings is 1. The van der Waals surface area contributed by atoms with E-state index in [0.717, 1.165) is 27.6 Å². The van der Waals surface area contributed by atoms with E-state index < -0.39 is 15.9 Å². The highest BCUT2D eigenvalue weighted by Crippen LogP contribution is 2.37. The van der Waals surface area contributed by atoms with E-state index in [1.54, 1.807) is 16.4 Å². The third-order valence-corrected chi connectivity index (χ3v) is 9.09. The summed E-state index contributed by atoms with van der Waals surface area (Å²) in [5, 5.41) is 10.3. The molecule has 0 unspecified atom stereocenters. The van der Waals surface area contributed by atoms with Crippen LogP contribution in [0.2, 0.25) is 0 Å². The van der Waals surface area contributed by atoms with Gasteiger partial charge in [-0.3, -0.25) is 4.79 Å². The summed E-state index contributed by atoms with van der Waals surface area (Å²) in [6, 6.07) is 20.1. The molecule has 0 saturated carbocycles. The SMILES string of the molecule is NC(=O)c1cc(-c2ccccc2)cc2c(C3CCN(S(=O)(=O)CCCOc4ccc(O)cc4)CC3)c[nH]c12. The summed E-state index contributed by atoms with van der Waals surface area (Å²) in [5.74, 6) is 0.442. The number of fused-ring (bicyclic) bond motifs is 1. The molecular weight excluding hydrogens is 502 g/mol. The van der Waals surface area contributed by atoms with Crippen LogP contribution in [0, 0.1) is 0 Å². The predicted molar refractivity (Wildman–Crippen MR) is 148 cm³/mol. The number of primary amides is 1. The van der Waals surface area contributed by atoms with Crippen LogP contribution in [-0.4, -0.2) is 54.2 Å². The van der Waals surface area contributed by atoms with Gasteiger partial charge in [0.15, 0.2) is 0 Å². The zero-order valence-corrected chi connectivity index (χ0v) is 21.8. The molecule has 1 aliphatic heterocycles. The highest BCUT2D eigenvalue weighted by Gasteiger charge is 2.30. The standard InChI is InChI=1S/C29H31N3O5S/c30-29(34)26-18-22(20-5-2-1-3-6-20)17-25-27(19-31-28(25)26)21-11-13-32(14-12-21)38(35,36)16-4-15-37-24-9-7-23(33)8-10-24/h1-3,5-10,17-19,21,31,33H,4,11-16H2,(H2,30,34). The molecule has 0 bridgehead atoms. The van der Waals surface area contributed by atoms with Gasteiger partial charge < -0.3 is 20.6 Å². The molecule has 3 aromatic carbocycles. The lowest BCUT2D eigenvalue weighted by atomic mass is 9.88. The van der Waals surface area contributed by atoms with E-state index in [1.165, 1.54) is 12.1 Å². The Kier molecular flexibility index (Phi) is 7.40. The first kappa shape index (κ1) is 25.8. The first-order chi connectivity index (χ1) is 18.3.